The van der Waals surface area contributed by atoms with Crippen LogP contribution >= 0.6 is 0 Å². The van der Waals surface area contributed by atoms with E-state index < -0.39 is 10.0 Å². The summed E-state index contributed by atoms with van der Waals surface area (Å²) >= 11 is 0. The lowest BCUT2D eigenvalue weighted by Gasteiger charge is -2.17. The van der Waals surface area contributed by atoms with Gasteiger partial charge in [-0.2, -0.15) is 0 Å². The van der Waals surface area contributed by atoms with Gasteiger partial charge in [0.2, 0.25) is 0 Å². The van der Waals surface area contributed by atoms with Gasteiger partial charge < -0.3 is 9.88 Å². The average molecular weight is 422 g/mol. The molecule has 2 N–H and O–H groups in total. The van der Waals surface area contributed by atoms with Crippen LogP contribution in [0.3, 0.4) is 0 Å². The van der Waals surface area contributed by atoms with E-state index in [9.17, 15) is 8.42 Å². The molecule has 0 atom stereocenters. The molecule has 0 aliphatic heterocycles. The van der Waals surface area contributed by atoms with Gasteiger partial charge in [-0.25, -0.2) is 8.42 Å². The molecule has 4 aromatic rings. The molecule has 30 heavy (non-hydrogen) atoms. The van der Waals surface area contributed by atoms with Gasteiger partial charge >= 0.3 is 0 Å². The predicted octanol–water partition coefficient (Wildman–Crippen LogP) is 5.01. The Kier molecular flexibility index (Phi) is 5.79. The first-order valence-electron chi connectivity index (χ1n) is 10.3. The number of hydrogen-bond donors (Lipinski definition) is 2. The lowest BCUT2D eigenvalue weighted by molar-refractivity contribution is 0.308. The summed E-state index contributed by atoms with van der Waals surface area (Å²) in [6, 6.07) is 18.6. The number of sulfonamides is 1. The van der Waals surface area contributed by atoms with Crippen LogP contribution in [0.25, 0.3) is 21.7 Å². The topological polar surface area (TPSA) is 65.2 Å². The third-order valence-electron chi connectivity index (χ3n) is 5.64. The van der Waals surface area contributed by atoms with Crippen molar-refractivity contribution in [2.24, 2.45) is 0 Å². The van der Waals surface area contributed by atoms with E-state index in [1.807, 2.05) is 54.7 Å². The number of nitrogens with one attached hydrogen (secondary N) is 2. The number of aromatic amines is 1. The maximum atomic E-state index is 12.9. The summed E-state index contributed by atoms with van der Waals surface area (Å²) in [5.41, 5.74) is 2.73. The maximum Gasteiger partial charge on any atom is 0.261 e. The molecule has 0 aliphatic rings. The van der Waals surface area contributed by atoms with Gasteiger partial charge in [-0.1, -0.05) is 50.2 Å². The van der Waals surface area contributed by atoms with E-state index in [4.69, 9.17) is 0 Å². The van der Waals surface area contributed by atoms with E-state index in [1.165, 1.54) is 5.56 Å². The first kappa shape index (κ1) is 20.4. The van der Waals surface area contributed by atoms with Gasteiger partial charge in [-0.05, 0) is 60.1 Å². The molecule has 0 saturated carbocycles. The van der Waals surface area contributed by atoms with Crippen molar-refractivity contribution in [2.75, 3.05) is 24.4 Å². The van der Waals surface area contributed by atoms with Gasteiger partial charge in [0.1, 0.15) is 0 Å². The summed E-state index contributed by atoms with van der Waals surface area (Å²) in [4.78, 5) is 5.94. The van der Waals surface area contributed by atoms with Gasteiger partial charge in [-0.15, -0.1) is 0 Å². The van der Waals surface area contributed by atoms with Crippen molar-refractivity contribution in [3.05, 3.63) is 72.4 Å². The fourth-order valence-electron chi connectivity index (χ4n) is 3.82. The van der Waals surface area contributed by atoms with E-state index >= 15 is 0 Å². The van der Waals surface area contributed by atoms with Gasteiger partial charge in [0, 0.05) is 23.6 Å². The van der Waals surface area contributed by atoms with E-state index in [-0.39, 0.29) is 4.90 Å². The number of anilines is 1. The van der Waals surface area contributed by atoms with Gasteiger partial charge in [0.25, 0.3) is 10.0 Å². The summed E-state index contributed by atoms with van der Waals surface area (Å²) in [5.74, 6) is 0. The molecular weight excluding hydrogens is 394 g/mol. The molecule has 0 fully saturated rings. The van der Waals surface area contributed by atoms with E-state index in [0.29, 0.717) is 5.69 Å². The molecule has 1 heterocycles. The third kappa shape index (κ3) is 4.20. The maximum absolute atomic E-state index is 12.9. The van der Waals surface area contributed by atoms with Crippen LogP contribution in [0.2, 0.25) is 0 Å². The second kappa shape index (κ2) is 8.50. The molecule has 4 rings (SSSR count). The van der Waals surface area contributed by atoms with E-state index in [2.05, 4.69) is 28.5 Å². The van der Waals surface area contributed by atoms with Gasteiger partial charge in [-0.3, -0.25) is 4.72 Å². The molecule has 3 aromatic carbocycles. The van der Waals surface area contributed by atoms with Crippen molar-refractivity contribution in [3.8, 4) is 0 Å². The van der Waals surface area contributed by atoms with Gasteiger partial charge in [0.05, 0.1) is 10.6 Å². The molecule has 1 aromatic heterocycles. The van der Waals surface area contributed by atoms with Crippen LogP contribution in [0.5, 0.6) is 0 Å². The SMILES string of the molecule is CCN(CC)CCc1c[nH]c2cc(NS(=O)(=O)c3ccc4ccccc4c3)ccc12. The number of fused-ring (bicyclic) bond motifs is 2. The molecule has 0 aliphatic carbocycles. The standard InChI is InChI=1S/C24H27N3O2S/c1-3-27(4-2)14-13-20-17-25-24-16-21(10-12-23(20)24)26-30(28,29)22-11-9-18-7-5-6-8-19(18)15-22/h5-12,15-17,25-26H,3-4,13-14H2,1-2H3. The second-order valence-electron chi connectivity index (χ2n) is 7.47. The third-order valence-corrected chi connectivity index (χ3v) is 7.02. The summed E-state index contributed by atoms with van der Waals surface area (Å²) in [7, 11) is -3.67. The summed E-state index contributed by atoms with van der Waals surface area (Å²) in [6.07, 6.45) is 2.99. The molecule has 0 saturated heterocycles. The van der Waals surface area contributed by atoms with Crippen molar-refractivity contribution >= 4 is 37.4 Å². The molecular formula is C24H27N3O2S. The smallest absolute Gasteiger partial charge is 0.261 e. The lowest BCUT2D eigenvalue weighted by atomic mass is 10.1. The Morgan fingerprint density at radius 3 is 2.47 bits per heavy atom. The zero-order valence-electron chi connectivity index (χ0n) is 17.4. The number of benzene rings is 3. The van der Waals surface area contributed by atoms with Crippen LogP contribution < -0.4 is 4.72 Å². The molecule has 0 unspecified atom stereocenters. The number of hydrogen-bond acceptors (Lipinski definition) is 3. The largest absolute Gasteiger partial charge is 0.361 e. The molecule has 0 spiro atoms. The van der Waals surface area contributed by atoms with Crippen molar-refractivity contribution < 1.29 is 8.42 Å². The van der Waals surface area contributed by atoms with Crippen LogP contribution in [0.4, 0.5) is 5.69 Å². The minimum Gasteiger partial charge on any atom is -0.361 e. The van der Waals surface area contributed by atoms with Crippen LogP contribution in [0, 0.1) is 0 Å². The second-order valence-corrected chi connectivity index (χ2v) is 9.15. The zero-order chi connectivity index (χ0) is 21.1. The number of rotatable bonds is 8. The van der Waals surface area contributed by atoms with Crippen LogP contribution in [0.1, 0.15) is 19.4 Å². The highest BCUT2D eigenvalue weighted by atomic mass is 32.2. The van der Waals surface area contributed by atoms with Crippen molar-refractivity contribution in [1.29, 1.82) is 0 Å². The first-order valence-corrected chi connectivity index (χ1v) is 11.8. The Balaban J connectivity index is 1.55. The fourth-order valence-corrected chi connectivity index (χ4v) is 4.91. The Hall–Kier alpha value is -2.83. The molecule has 5 nitrogen and oxygen atoms in total. The van der Waals surface area contributed by atoms with E-state index in [1.54, 1.807) is 12.1 Å². The highest BCUT2D eigenvalue weighted by Gasteiger charge is 2.15. The van der Waals surface area contributed by atoms with Crippen molar-refractivity contribution in [1.82, 2.24) is 9.88 Å². The Morgan fingerprint density at radius 2 is 1.70 bits per heavy atom. The summed E-state index contributed by atoms with van der Waals surface area (Å²) in [5, 5.41) is 3.05. The fraction of sp³-hybridized carbons (Fsp3) is 0.250. The quantitative estimate of drug-likeness (QED) is 0.420. The van der Waals surface area contributed by atoms with Crippen molar-refractivity contribution in [2.45, 2.75) is 25.2 Å². The van der Waals surface area contributed by atoms with Crippen LogP contribution in [-0.4, -0.2) is 37.9 Å². The van der Waals surface area contributed by atoms with Crippen LogP contribution in [-0.2, 0) is 16.4 Å². The number of H-pyrrole nitrogens is 1. The minimum atomic E-state index is -3.67. The van der Waals surface area contributed by atoms with Crippen molar-refractivity contribution in [3.63, 3.8) is 0 Å². The normalized spacial score (nSPS) is 12.1. The Labute approximate surface area is 177 Å². The predicted molar refractivity (Wildman–Crippen MR) is 125 cm³/mol. The molecule has 6 heteroatoms. The number of aromatic nitrogens is 1. The average Bonchev–Trinajstić information content (AvgIpc) is 3.16. The molecule has 0 amide bonds. The zero-order valence-corrected chi connectivity index (χ0v) is 18.2. The minimum absolute atomic E-state index is 0.257. The summed E-state index contributed by atoms with van der Waals surface area (Å²) < 4.78 is 28.5. The Bertz CT molecular complexity index is 1270. The number of likely N-dealkylation sites (N-methyl/N-ethyl adjacent to an activating group) is 1. The number of nitrogens with zero attached hydrogens (tertiary/aromatic N) is 1. The Morgan fingerprint density at radius 1 is 0.933 bits per heavy atom. The lowest BCUT2D eigenvalue weighted by Crippen LogP contribution is -2.25. The monoisotopic (exact) mass is 421 g/mol. The van der Waals surface area contributed by atoms with Gasteiger partial charge in [0.15, 0.2) is 0 Å². The summed E-state index contributed by atoms with van der Waals surface area (Å²) in [6.45, 7) is 7.44. The van der Waals surface area contributed by atoms with E-state index in [0.717, 1.165) is 47.7 Å². The first-order chi connectivity index (χ1) is 14.5. The molecule has 0 radical (unpaired) electrons. The molecule has 0 bridgehead atoms. The molecule has 156 valence electrons. The highest BCUT2D eigenvalue weighted by Crippen LogP contribution is 2.25. The van der Waals surface area contributed by atoms with Crippen LogP contribution in [0.15, 0.2) is 71.8 Å². The highest BCUT2D eigenvalue weighted by molar-refractivity contribution is 7.92.